The zero-order chi connectivity index (χ0) is 19.3. The number of hydrogen-bond donors (Lipinski definition) is 1. The molecule has 0 aliphatic heterocycles. The van der Waals surface area contributed by atoms with Gasteiger partial charge in [0.1, 0.15) is 15.4 Å². The fraction of sp³-hybridized carbons (Fsp3) is 0.174. The molecular weight excluding hydrogens is 366 g/mol. The fourth-order valence-electron chi connectivity index (χ4n) is 3.09. The number of nitrogens with zero attached hydrogens (tertiary/aromatic N) is 2. The van der Waals surface area contributed by atoms with Gasteiger partial charge in [-0.1, -0.05) is 53.8 Å². The van der Waals surface area contributed by atoms with Crippen LogP contribution >= 0.6 is 11.3 Å². The monoisotopic (exact) mass is 387 g/mol. The molecule has 5 heteroatoms. The van der Waals surface area contributed by atoms with Crippen molar-refractivity contribution in [3.8, 4) is 10.6 Å². The van der Waals surface area contributed by atoms with Gasteiger partial charge in [-0.2, -0.15) is 0 Å². The standard InChI is InChI=1S/C23H21N3OS/c1-16-12-13-18(22-26-19-10-6-14-24-23(19)28-22)15-20(16)25-21(27)11-5-9-17-7-3-2-4-8-17/h2-4,6-8,10,12-15H,5,9,11H2,1H3,(H,25,27). The van der Waals surface area contributed by atoms with Crippen molar-refractivity contribution in [1.29, 1.82) is 0 Å². The lowest BCUT2D eigenvalue weighted by Crippen LogP contribution is -2.12. The summed E-state index contributed by atoms with van der Waals surface area (Å²) < 4.78 is 0. The summed E-state index contributed by atoms with van der Waals surface area (Å²) in [5.74, 6) is 0.0437. The predicted octanol–water partition coefficient (Wildman–Crippen LogP) is 5.63. The first-order valence-electron chi connectivity index (χ1n) is 9.35. The average Bonchev–Trinajstić information content (AvgIpc) is 3.15. The molecule has 0 unspecified atom stereocenters. The van der Waals surface area contributed by atoms with Crippen LogP contribution < -0.4 is 5.32 Å². The van der Waals surface area contributed by atoms with Crippen LogP contribution in [0.5, 0.6) is 0 Å². The van der Waals surface area contributed by atoms with Crippen molar-refractivity contribution in [2.24, 2.45) is 0 Å². The van der Waals surface area contributed by atoms with Gasteiger partial charge in [-0.3, -0.25) is 4.79 Å². The quantitative estimate of drug-likeness (QED) is 0.467. The molecule has 4 aromatic rings. The number of aryl methyl sites for hydroxylation is 2. The van der Waals surface area contributed by atoms with Crippen LogP contribution in [0.2, 0.25) is 0 Å². The highest BCUT2D eigenvalue weighted by Gasteiger charge is 2.10. The van der Waals surface area contributed by atoms with E-state index in [9.17, 15) is 4.79 Å². The number of anilines is 1. The van der Waals surface area contributed by atoms with Gasteiger partial charge < -0.3 is 5.32 Å². The highest BCUT2D eigenvalue weighted by molar-refractivity contribution is 7.21. The van der Waals surface area contributed by atoms with Gasteiger partial charge in [0.2, 0.25) is 5.91 Å². The second-order valence-corrected chi connectivity index (χ2v) is 7.74. The first-order valence-corrected chi connectivity index (χ1v) is 10.2. The minimum Gasteiger partial charge on any atom is -0.326 e. The molecule has 4 rings (SSSR count). The molecule has 0 saturated carbocycles. The second-order valence-electron chi connectivity index (χ2n) is 6.76. The van der Waals surface area contributed by atoms with Crippen LogP contribution in [-0.4, -0.2) is 15.9 Å². The van der Waals surface area contributed by atoms with E-state index in [2.05, 4.69) is 27.4 Å². The van der Waals surface area contributed by atoms with Crippen LogP contribution in [0.4, 0.5) is 5.69 Å². The van der Waals surface area contributed by atoms with E-state index < -0.39 is 0 Å². The fourth-order valence-corrected chi connectivity index (χ4v) is 4.00. The van der Waals surface area contributed by atoms with Crippen LogP contribution in [0.25, 0.3) is 20.9 Å². The number of amides is 1. The maximum atomic E-state index is 12.4. The van der Waals surface area contributed by atoms with E-state index in [0.717, 1.165) is 45.0 Å². The SMILES string of the molecule is Cc1ccc(-c2nc3cccnc3s2)cc1NC(=O)CCCc1ccccc1. The Morgan fingerprint density at radius 1 is 1.07 bits per heavy atom. The highest BCUT2D eigenvalue weighted by atomic mass is 32.1. The van der Waals surface area contributed by atoms with Gasteiger partial charge in [0, 0.05) is 23.9 Å². The lowest BCUT2D eigenvalue weighted by atomic mass is 10.1. The number of pyridine rings is 1. The number of nitrogens with one attached hydrogen (secondary N) is 1. The van der Waals surface area contributed by atoms with Crippen molar-refractivity contribution >= 4 is 33.3 Å². The van der Waals surface area contributed by atoms with Crippen LogP contribution in [0, 0.1) is 6.92 Å². The topological polar surface area (TPSA) is 54.9 Å². The summed E-state index contributed by atoms with van der Waals surface area (Å²) in [6.45, 7) is 2.00. The summed E-state index contributed by atoms with van der Waals surface area (Å²) in [5.41, 5.74) is 5.04. The lowest BCUT2D eigenvalue weighted by molar-refractivity contribution is -0.116. The summed E-state index contributed by atoms with van der Waals surface area (Å²) in [6, 6.07) is 20.2. The minimum absolute atomic E-state index is 0.0437. The Morgan fingerprint density at radius 2 is 1.93 bits per heavy atom. The molecule has 4 nitrogen and oxygen atoms in total. The molecule has 0 aliphatic carbocycles. The summed E-state index contributed by atoms with van der Waals surface area (Å²) in [4.78, 5) is 22.4. The number of rotatable bonds is 6. The first-order chi connectivity index (χ1) is 13.7. The van der Waals surface area contributed by atoms with Gasteiger partial charge in [0.15, 0.2) is 0 Å². The minimum atomic E-state index is 0.0437. The summed E-state index contributed by atoms with van der Waals surface area (Å²) >= 11 is 1.56. The van der Waals surface area contributed by atoms with Crippen molar-refractivity contribution in [1.82, 2.24) is 9.97 Å². The molecule has 1 amide bonds. The molecule has 2 heterocycles. The van der Waals surface area contributed by atoms with Crippen LogP contribution in [0.3, 0.4) is 0 Å². The van der Waals surface area contributed by atoms with Crippen molar-refractivity contribution in [2.45, 2.75) is 26.2 Å². The molecule has 0 radical (unpaired) electrons. The van der Waals surface area contributed by atoms with E-state index >= 15 is 0 Å². The maximum Gasteiger partial charge on any atom is 0.224 e. The molecule has 140 valence electrons. The first kappa shape index (κ1) is 18.3. The van der Waals surface area contributed by atoms with E-state index in [1.165, 1.54) is 5.56 Å². The predicted molar refractivity (Wildman–Crippen MR) is 116 cm³/mol. The Labute approximate surface area is 168 Å². The average molecular weight is 388 g/mol. The smallest absolute Gasteiger partial charge is 0.224 e. The highest BCUT2D eigenvalue weighted by Crippen LogP contribution is 2.31. The number of thiazole rings is 1. The van der Waals surface area contributed by atoms with E-state index in [1.807, 2.05) is 55.5 Å². The van der Waals surface area contributed by atoms with Gasteiger partial charge in [-0.15, -0.1) is 0 Å². The number of aromatic nitrogens is 2. The number of benzene rings is 2. The van der Waals surface area contributed by atoms with E-state index in [1.54, 1.807) is 17.5 Å². The summed E-state index contributed by atoms with van der Waals surface area (Å²) in [6.07, 6.45) is 4.02. The van der Waals surface area contributed by atoms with Gasteiger partial charge in [0.05, 0.1) is 0 Å². The molecule has 0 fully saturated rings. The molecular formula is C23H21N3OS. The Morgan fingerprint density at radius 3 is 2.75 bits per heavy atom. The Kier molecular flexibility index (Phi) is 5.44. The van der Waals surface area contributed by atoms with Crippen molar-refractivity contribution in [3.63, 3.8) is 0 Å². The summed E-state index contributed by atoms with van der Waals surface area (Å²) in [7, 11) is 0. The number of hydrogen-bond acceptors (Lipinski definition) is 4. The van der Waals surface area contributed by atoms with E-state index in [4.69, 9.17) is 0 Å². The summed E-state index contributed by atoms with van der Waals surface area (Å²) in [5, 5.41) is 3.97. The lowest BCUT2D eigenvalue weighted by Gasteiger charge is -2.10. The largest absolute Gasteiger partial charge is 0.326 e. The van der Waals surface area contributed by atoms with Crippen LogP contribution in [0.1, 0.15) is 24.0 Å². The molecule has 0 atom stereocenters. The number of carbonyl (C=O) groups excluding carboxylic acids is 1. The Balaban J connectivity index is 1.44. The molecule has 0 bridgehead atoms. The van der Waals surface area contributed by atoms with Crippen molar-refractivity contribution in [3.05, 3.63) is 78.0 Å². The van der Waals surface area contributed by atoms with Gasteiger partial charge in [-0.25, -0.2) is 9.97 Å². The molecule has 0 saturated heterocycles. The zero-order valence-corrected chi connectivity index (χ0v) is 16.5. The third-order valence-corrected chi connectivity index (χ3v) is 5.67. The number of carbonyl (C=O) groups is 1. The van der Waals surface area contributed by atoms with Crippen molar-refractivity contribution in [2.75, 3.05) is 5.32 Å². The molecule has 0 spiro atoms. The van der Waals surface area contributed by atoms with Gasteiger partial charge in [0.25, 0.3) is 0 Å². The third-order valence-electron chi connectivity index (χ3n) is 4.64. The van der Waals surface area contributed by atoms with E-state index in [0.29, 0.717) is 6.42 Å². The van der Waals surface area contributed by atoms with E-state index in [-0.39, 0.29) is 5.91 Å². The maximum absolute atomic E-state index is 12.4. The zero-order valence-electron chi connectivity index (χ0n) is 15.7. The molecule has 28 heavy (non-hydrogen) atoms. The Hall–Kier alpha value is -3.05. The Bertz CT molecular complexity index is 1070. The van der Waals surface area contributed by atoms with Gasteiger partial charge in [-0.05, 0) is 49.1 Å². The number of fused-ring (bicyclic) bond motifs is 1. The third kappa shape index (κ3) is 4.26. The second kappa shape index (κ2) is 8.31. The van der Waals surface area contributed by atoms with Crippen LogP contribution in [-0.2, 0) is 11.2 Å². The molecule has 0 aliphatic rings. The van der Waals surface area contributed by atoms with Crippen LogP contribution in [0.15, 0.2) is 66.9 Å². The molecule has 2 aromatic heterocycles. The van der Waals surface area contributed by atoms with Gasteiger partial charge >= 0.3 is 0 Å². The molecule has 1 N–H and O–H groups in total. The molecule has 2 aromatic carbocycles. The van der Waals surface area contributed by atoms with Crippen molar-refractivity contribution < 1.29 is 4.79 Å². The normalized spacial score (nSPS) is 10.9.